The molecule has 1 atom stereocenters. The van der Waals surface area contributed by atoms with E-state index in [4.69, 9.17) is 0 Å². The van der Waals surface area contributed by atoms with Crippen molar-refractivity contribution < 1.29 is 9.18 Å². The average molecular weight is 515 g/mol. The van der Waals surface area contributed by atoms with Gasteiger partial charge in [0.1, 0.15) is 10.8 Å². The molecule has 2 aliphatic rings. The maximum Gasteiger partial charge on any atom is 0.318 e. The summed E-state index contributed by atoms with van der Waals surface area (Å²) in [7, 11) is 4.06. The lowest BCUT2D eigenvalue weighted by atomic mass is 9.95. The second-order valence-electron chi connectivity index (χ2n) is 10.1. The van der Waals surface area contributed by atoms with Gasteiger partial charge in [-0.1, -0.05) is 24.3 Å². The van der Waals surface area contributed by atoms with Gasteiger partial charge in [0, 0.05) is 43.0 Å². The number of hydrogen-bond acceptors (Lipinski definition) is 3. The van der Waals surface area contributed by atoms with Crippen LogP contribution in [-0.4, -0.2) is 29.6 Å². The average Bonchev–Trinajstić information content (AvgIpc) is 3.50. The fourth-order valence-electron chi connectivity index (χ4n) is 5.57. The number of thiophene rings is 1. The van der Waals surface area contributed by atoms with Crippen LogP contribution in [0.2, 0.25) is 0 Å². The summed E-state index contributed by atoms with van der Waals surface area (Å²) in [5.74, 6) is -0.278. The van der Waals surface area contributed by atoms with Crippen LogP contribution in [0, 0.1) is 5.82 Å². The van der Waals surface area contributed by atoms with Crippen LogP contribution in [0.1, 0.15) is 51.7 Å². The number of hydrogen-bond donors (Lipinski definition) is 1. The number of anilines is 1. The summed E-state index contributed by atoms with van der Waals surface area (Å²) < 4.78 is 15.7. The molecule has 1 unspecified atom stereocenters. The Morgan fingerprint density at radius 2 is 1.78 bits per heavy atom. The molecule has 190 valence electrons. The molecular weight excluding hydrogens is 483 g/mol. The molecule has 2 amide bonds. The fourth-order valence-corrected chi connectivity index (χ4v) is 6.98. The SMILES string of the molecule is CN(C)c1ccc(C2c3cccn3-c3sc4c(c3CN2C(=O)NCc2ccc(F)cc2)CCCC4)cc1. The van der Waals surface area contributed by atoms with Crippen LogP contribution in [0.3, 0.4) is 0 Å². The van der Waals surface area contributed by atoms with Gasteiger partial charge < -0.3 is 19.7 Å². The highest BCUT2D eigenvalue weighted by atomic mass is 32.1. The van der Waals surface area contributed by atoms with Crippen LogP contribution < -0.4 is 10.2 Å². The minimum Gasteiger partial charge on any atom is -0.378 e. The third-order valence-corrected chi connectivity index (χ3v) is 8.86. The standard InChI is InChI=1S/C30H31FN4OS/c1-33(2)23-15-11-21(12-16-23)28-26-7-5-17-34(26)29-25(24-6-3-4-8-27(24)37-29)19-35(28)30(36)32-18-20-9-13-22(31)14-10-20/h5,7,9-17,28H,3-4,6,8,18-19H2,1-2H3,(H,32,36). The number of nitrogens with zero attached hydrogens (tertiary/aromatic N) is 3. The molecule has 2 aromatic heterocycles. The van der Waals surface area contributed by atoms with Crippen molar-refractivity contribution in [3.63, 3.8) is 0 Å². The van der Waals surface area contributed by atoms with E-state index in [0.29, 0.717) is 13.1 Å². The summed E-state index contributed by atoms with van der Waals surface area (Å²) in [6.07, 6.45) is 6.76. The molecule has 0 saturated carbocycles. The van der Waals surface area contributed by atoms with Crippen molar-refractivity contribution in [2.24, 2.45) is 0 Å². The van der Waals surface area contributed by atoms with Crippen molar-refractivity contribution in [1.29, 1.82) is 0 Å². The Morgan fingerprint density at radius 1 is 1.03 bits per heavy atom. The molecule has 3 heterocycles. The minimum atomic E-state index is -0.278. The summed E-state index contributed by atoms with van der Waals surface area (Å²) in [6.45, 7) is 0.899. The summed E-state index contributed by atoms with van der Waals surface area (Å²) in [6, 6.07) is 18.6. The first-order valence-electron chi connectivity index (χ1n) is 12.9. The second-order valence-corrected chi connectivity index (χ2v) is 11.2. The predicted octanol–water partition coefficient (Wildman–Crippen LogP) is 6.44. The van der Waals surface area contributed by atoms with Crippen molar-refractivity contribution in [2.75, 3.05) is 19.0 Å². The van der Waals surface area contributed by atoms with Crippen molar-refractivity contribution >= 4 is 23.1 Å². The number of aryl methyl sites for hydroxylation is 1. The van der Waals surface area contributed by atoms with E-state index in [9.17, 15) is 9.18 Å². The highest BCUT2D eigenvalue weighted by molar-refractivity contribution is 7.15. The largest absolute Gasteiger partial charge is 0.378 e. The monoisotopic (exact) mass is 514 g/mol. The van der Waals surface area contributed by atoms with E-state index < -0.39 is 0 Å². The van der Waals surface area contributed by atoms with Gasteiger partial charge in [-0.3, -0.25) is 0 Å². The lowest BCUT2D eigenvalue weighted by Gasteiger charge is -2.31. The number of halogens is 1. The van der Waals surface area contributed by atoms with Gasteiger partial charge in [-0.05, 0) is 78.8 Å². The van der Waals surface area contributed by atoms with E-state index in [2.05, 4.69) is 57.4 Å². The number of nitrogens with one attached hydrogen (secondary N) is 1. The van der Waals surface area contributed by atoms with Gasteiger partial charge in [0.05, 0.1) is 18.3 Å². The van der Waals surface area contributed by atoms with Gasteiger partial charge in [-0.25, -0.2) is 9.18 Å². The zero-order valence-corrected chi connectivity index (χ0v) is 22.0. The van der Waals surface area contributed by atoms with Crippen molar-refractivity contribution in [1.82, 2.24) is 14.8 Å². The molecular formula is C30H31FN4OS. The van der Waals surface area contributed by atoms with Crippen molar-refractivity contribution in [3.05, 3.63) is 106 Å². The Kier molecular flexibility index (Phi) is 6.24. The molecule has 0 radical (unpaired) electrons. The van der Waals surface area contributed by atoms with E-state index in [1.807, 2.05) is 30.3 Å². The van der Waals surface area contributed by atoms with Crippen LogP contribution in [0.5, 0.6) is 0 Å². The lowest BCUT2D eigenvalue weighted by molar-refractivity contribution is 0.180. The number of aromatic nitrogens is 1. The smallest absolute Gasteiger partial charge is 0.318 e. The Labute approximate surface area is 221 Å². The number of amides is 2. The van der Waals surface area contributed by atoms with E-state index >= 15 is 0 Å². The minimum absolute atomic E-state index is 0.123. The van der Waals surface area contributed by atoms with Crippen LogP contribution in [0.4, 0.5) is 14.9 Å². The van der Waals surface area contributed by atoms with Crippen molar-refractivity contribution in [3.8, 4) is 5.00 Å². The zero-order valence-electron chi connectivity index (χ0n) is 21.2. The van der Waals surface area contributed by atoms with E-state index in [1.165, 1.54) is 46.0 Å². The molecule has 7 heteroatoms. The molecule has 0 bridgehead atoms. The Morgan fingerprint density at radius 3 is 2.54 bits per heavy atom. The number of carbonyl (C=O) groups is 1. The summed E-state index contributed by atoms with van der Waals surface area (Å²) >= 11 is 1.89. The van der Waals surface area contributed by atoms with Crippen LogP contribution in [0.15, 0.2) is 66.9 Å². The highest BCUT2D eigenvalue weighted by Gasteiger charge is 2.36. The van der Waals surface area contributed by atoms with Gasteiger partial charge in [-0.2, -0.15) is 0 Å². The van der Waals surface area contributed by atoms with Crippen LogP contribution in [-0.2, 0) is 25.9 Å². The molecule has 1 aliphatic heterocycles. The Balaban J connectivity index is 1.42. The number of rotatable bonds is 4. The van der Waals surface area contributed by atoms with Gasteiger partial charge in [0.25, 0.3) is 0 Å². The number of benzene rings is 2. The first-order chi connectivity index (χ1) is 18.0. The highest BCUT2D eigenvalue weighted by Crippen LogP contribution is 2.44. The van der Waals surface area contributed by atoms with Gasteiger partial charge in [-0.15, -0.1) is 11.3 Å². The first-order valence-corrected chi connectivity index (χ1v) is 13.7. The molecule has 2 aromatic carbocycles. The second kappa shape index (κ2) is 9.71. The summed E-state index contributed by atoms with van der Waals surface area (Å²) in [5.41, 5.74) is 6.87. The van der Waals surface area contributed by atoms with E-state index in [0.717, 1.165) is 35.3 Å². The Hall–Kier alpha value is -3.58. The Bertz CT molecular complexity index is 1420. The molecule has 6 rings (SSSR count). The van der Waals surface area contributed by atoms with Gasteiger partial charge in [0.15, 0.2) is 0 Å². The number of fused-ring (bicyclic) bond motifs is 5. The van der Waals surface area contributed by atoms with Crippen LogP contribution in [0.25, 0.3) is 5.00 Å². The summed E-state index contributed by atoms with van der Waals surface area (Å²) in [5, 5.41) is 4.37. The lowest BCUT2D eigenvalue weighted by Crippen LogP contribution is -2.41. The third-order valence-electron chi connectivity index (χ3n) is 7.52. The molecule has 1 aliphatic carbocycles. The quantitative estimate of drug-likeness (QED) is 0.341. The molecule has 0 saturated heterocycles. The zero-order chi connectivity index (χ0) is 25.5. The van der Waals surface area contributed by atoms with E-state index in [1.54, 1.807) is 12.1 Å². The van der Waals surface area contributed by atoms with Crippen molar-refractivity contribution in [2.45, 2.75) is 44.8 Å². The fraction of sp³-hybridized carbons (Fsp3) is 0.300. The van der Waals surface area contributed by atoms with Gasteiger partial charge in [0.2, 0.25) is 0 Å². The van der Waals surface area contributed by atoms with E-state index in [-0.39, 0.29) is 17.9 Å². The topological polar surface area (TPSA) is 40.5 Å². The molecule has 37 heavy (non-hydrogen) atoms. The normalized spacial score (nSPS) is 16.4. The predicted molar refractivity (Wildman–Crippen MR) is 147 cm³/mol. The van der Waals surface area contributed by atoms with Gasteiger partial charge >= 0.3 is 6.03 Å². The molecule has 1 N–H and O–H groups in total. The maximum atomic E-state index is 13.9. The molecule has 0 spiro atoms. The maximum absolute atomic E-state index is 13.9. The summed E-state index contributed by atoms with van der Waals surface area (Å²) in [4.78, 5) is 19.4. The number of urea groups is 1. The molecule has 0 fully saturated rings. The third kappa shape index (κ3) is 4.42. The first kappa shape index (κ1) is 23.8. The number of carbonyl (C=O) groups excluding carboxylic acids is 1. The van der Waals surface area contributed by atoms with Crippen LogP contribution >= 0.6 is 11.3 Å². The molecule has 4 aromatic rings. The molecule has 5 nitrogen and oxygen atoms in total.